The number of nitro groups is 1. The minimum absolute atomic E-state index is 0.0705. The van der Waals surface area contributed by atoms with E-state index in [9.17, 15) is 15.2 Å². The third kappa shape index (κ3) is 4.73. The number of aromatic hydroxyl groups is 1. The van der Waals surface area contributed by atoms with Gasteiger partial charge < -0.3 is 10.0 Å². The first kappa shape index (κ1) is 19.9. The average molecular weight is 412 g/mol. The van der Waals surface area contributed by atoms with Gasteiger partial charge in [0.15, 0.2) is 5.69 Å². The molecule has 0 fully saturated rings. The normalized spacial score (nSPS) is 11.4. The maximum atomic E-state index is 11.1. The Kier molecular flexibility index (Phi) is 5.83. The number of para-hydroxylation sites is 1. The molecule has 0 unspecified atom stereocenters. The largest absolute Gasteiger partial charge is 0.506 e. The number of phenolic OH excluding ortho intramolecular Hbond substituents is 1. The van der Waals surface area contributed by atoms with E-state index in [-0.39, 0.29) is 22.8 Å². The topological polar surface area (TPSA) is 142 Å². The van der Waals surface area contributed by atoms with Crippen molar-refractivity contribution in [2.45, 2.75) is 6.92 Å². The number of nitro benzene ring substituents is 1. The van der Waals surface area contributed by atoms with Crippen molar-refractivity contribution in [3.63, 3.8) is 0 Å². The van der Waals surface area contributed by atoms with Crippen LogP contribution in [-0.4, -0.2) is 33.5 Å². The predicted molar refractivity (Wildman–Crippen MR) is 109 cm³/mol. The first-order valence-corrected chi connectivity index (χ1v) is 9.04. The highest BCUT2D eigenvalue weighted by Gasteiger charge is 2.14. The zero-order chi connectivity index (χ0) is 21.0. The Morgan fingerprint density at radius 3 is 2.41 bits per heavy atom. The average Bonchev–Trinajstić information content (AvgIpc) is 3.11. The van der Waals surface area contributed by atoms with Crippen molar-refractivity contribution >= 4 is 45.1 Å². The van der Waals surface area contributed by atoms with Gasteiger partial charge in [0.05, 0.1) is 10.6 Å². The van der Waals surface area contributed by atoms with E-state index in [1.165, 1.54) is 30.3 Å². The molecule has 0 aliphatic carbocycles. The number of hydrogen-bond donors (Lipinski definition) is 1. The van der Waals surface area contributed by atoms with Gasteiger partial charge >= 0.3 is 0 Å². The summed E-state index contributed by atoms with van der Waals surface area (Å²) in [6.07, 6.45) is 0. The predicted octanol–water partition coefficient (Wildman–Crippen LogP) is 5.36. The van der Waals surface area contributed by atoms with Crippen LogP contribution in [0.2, 0.25) is 0 Å². The quantitative estimate of drug-likeness (QED) is 0.328. The summed E-state index contributed by atoms with van der Waals surface area (Å²) in [5.74, 6) is 0.447. The van der Waals surface area contributed by atoms with Crippen molar-refractivity contribution in [2.75, 3.05) is 19.0 Å². The minimum Gasteiger partial charge on any atom is -0.506 e. The lowest BCUT2D eigenvalue weighted by Gasteiger charge is -2.15. The van der Waals surface area contributed by atoms with Gasteiger partial charge in [-0.2, -0.15) is 4.37 Å². The Labute approximate surface area is 169 Å². The lowest BCUT2D eigenvalue weighted by molar-refractivity contribution is -0.384. The fourth-order valence-corrected chi connectivity index (χ4v) is 2.81. The van der Waals surface area contributed by atoms with Crippen LogP contribution in [0, 0.1) is 17.0 Å². The third-order valence-electron chi connectivity index (χ3n) is 3.66. The second-order valence-electron chi connectivity index (χ2n) is 5.99. The van der Waals surface area contributed by atoms with Crippen LogP contribution in [0.5, 0.6) is 5.75 Å². The zero-order valence-corrected chi connectivity index (χ0v) is 16.5. The first-order valence-electron chi connectivity index (χ1n) is 8.26. The molecule has 0 saturated carbocycles. The van der Waals surface area contributed by atoms with Gasteiger partial charge in [-0.15, -0.1) is 20.5 Å². The van der Waals surface area contributed by atoms with Crippen LogP contribution in [0.25, 0.3) is 0 Å². The number of nitrogens with zero attached hydrogens (tertiary/aromatic N) is 8. The molecule has 0 aliphatic rings. The van der Waals surface area contributed by atoms with Crippen molar-refractivity contribution in [2.24, 2.45) is 20.5 Å². The van der Waals surface area contributed by atoms with E-state index in [4.69, 9.17) is 0 Å². The van der Waals surface area contributed by atoms with E-state index in [0.717, 1.165) is 11.5 Å². The van der Waals surface area contributed by atoms with E-state index in [2.05, 4.69) is 29.8 Å². The number of azo groups is 2. The summed E-state index contributed by atoms with van der Waals surface area (Å²) in [5.41, 5.74) is 0.985. The summed E-state index contributed by atoms with van der Waals surface area (Å²) < 4.78 is 4.04. The van der Waals surface area contributed by atoms with Crippen LogP contribution in [0.15, 0.2) is 56.9 Å². The number of rotatable bonds is 6. The van der Waals surface area contributed by atoms with Gasteiger partial charge in [-0.05, 0) is 19.1 Å². The van der Waals surface area contributed by atoms with E-state index in [0.29, 0.717) is 22.3 Å². The van der Waals surface area contributed by atoms with E-state index in [1.807, 2.05) is 0 Å². The standard InChI is InChI=1S/C17H16N8O3S/c1-10-18-17(29-23-10)22-20-12-8-13(16(26)9-15(12)24(2)3)21-19-11-6-4-5-7-14(11)25(27)28/h4-9,26H,1-3H3. The fraction of sp³-hybridized carbons (Fsp3) is 0.176. The lowest BCUT2D eigenvalue weighted by Crippen LogP contribution is -2.08. The van der Waals surface area contributed by atoms with Crippen LogP contribution in [0.4, 0.5) is 33.6 Å². The number of benzene rings is 2. The van der Waals surface area contributed by atoms with Gasteiger partial charge in [-0.3, -0.25) is 10.1 Å². The highest BCUT2D eigenvalue weighted by molar-refractivity contribution is 7.09. The molecule has 3 rings (SSSR count). The summed E-state index contributed by atoms with van der Waals surface area (Å²) in [6.45, 7) is 1.75. The number of aryl methyl sites for hydroxylation is 1. The minimum atomic E-state index is -0.549. The zero-order valence-electron chi connectivity index (χ0n) is 15.7. The van der Waals surface area contributed by atoms with Gasteiger partial charge in [0.2, 0.25) is 5.13 Å². The molecule has 1 aromatic heterocycles. The Hall–Kier alpha value is -3.80. The van der Waals surface area contributed by atoms with E-state index < -0.39 is 4.92 Å². The van der Waals surface area contributed by atoms with Gasteiger partial charge in [0.1, 0.15) is 22.9 Å². The summed E-state index contributed by atoms with van der Waals surface area (Å²) in [7, 11) is 3.58. The van der Waals surface area contributed by atoms with Crippen molar-refractivity contribution in [3.8, 4) is 5.75 Å². The maximum Gasteiger partial charge on any atom is 0.296 e. The Morgan fingerprint density at radius 1 is 1.07 bits per heavy atom. The second-order valence-corrected chi connectivity index (χ2v) is 6.72. The van der Waals surface area contributed by atoms with Gasteiger partial charge in [-0.25, -0.2) is 4.98 Å². The summed E-state index contributed by atoms with van der Waals surface area (Å²) in [5, 5.41) is 37.9. The monoisotopic (exact) mass is 412 g/mol. The number of hydrogen-bond acceptors (Lipinski definition) is 11. The molecule has 1 heterocycles. The molecule has 148 valence electrons. The summed E-state index contributed by atoms with van der Waals surface area (Å²) >= 11 is 1.11. The number of anilines is 1. The van der Waals surface area contributed by atoms with E-state index >= 15 is 0 Å². The van der Waals surface area contributed by atoms with Crippen LogP contribution < -0.4 is 4.90 Å². The molecule has 11 nitrogen and oxygen atoms in total. The van der Waals surface area contributed by atoms with Crippen molar-refractivity contribution in [3.05, 3.63) is 52.3 Å². The molecule has 0 amide bonds. The lowest BCUT2D eigenvalue weighted by atomic mass is 10.2. The van der Waals surface area contributed by atoms with Crippen LogP contribution in [0.1, 0.15) is 5.82 Å². The second kappa shape index (κ2) is 8.48. The Bertz CT molecular complexity index is 1110. The van der Waals surface area contributed by atoms with Crippen LogP contribution >= 0.6 is 11.5 Å². The molecule has 0 radical (unpaired) electrons. The highest BCUT2D eigenvalue weighted by atomic mass is 32.1. The maximum absolute atomic E-state index is 11.1. The van der Waals surface area contributed by atoms with Crippen LogP contribution in [-0.2, 0) is 0 Å². The molecule has 3 aromatic rings. The molecule has 0 bridgehead atoms. The molecule has 1 N–H and O–H groups in total. The van der Waals surface area contributed by atoms with Gasteiger partial charge in [0.25, 0.3) is 5.69 Å². The van der Waals surface area contributed by atoms with Gasteiger partial charge in [0, 0.05) is 37.8 Å². The molecule has 0 atom stereocenters. The van der Waals surface area contributed by atoms with Crippen molar-refractivity contribution in [1.82, 2.24) is 9.36 Å². The van der Waals surface area contributed by atoms with Gasteiger partial charge in [-0.1, -0.05) is 12.1 Å². The Balaban J connectivity index is 1.99. The first-order chi connectivity index (χ1) is 13.8. The molecule has 2 aromatic carbocycles. The molecular weight excluding hydrogens is 396 g/mol. The summed E-state index contributed by atoms with van der Waals surface area (Å²) in [4.78, 5) is 16.4. The highest BCUT2D eigenvalue weighted by Crippen LogP contribution is 2.40. The summed E-state index contributed by atoms with van der Waals surface area (Å²) in [6, 6.07) is 8.89. The molecule has 29 heavy (non-hydrogen) atoms. The fourth-order valence-electron chi connectivity index (χ4n) is 2.31. The Morgan fingerprint density at radius 2 is 1.76 bits per heavy atom. The van der Waals surface area contributed by atoms with E-state index in [1.54, 1.807) is 32.0 Å². The molecule has 12 heteroatoms. The van der Waals surface area contributed by atoms with Crippen LogP contribution in [0.3, 0.4) is 0 Å². The smallest absolute Gasteiger partial charge is 0.296 e. The molecular formula is C17H16N8O3S. The third-order valence-corrected chi connectivity index (χ3v) is 4.35. The van der Waals surface area contributed by atoms with Crippen molar-refractivity contribution in [1.29, 1.82) is 0 Å². The molecule has 0 saturated heterocycles. The SMILES string of the molecule is Cc1nsc(N=Nc2cc(N=Nc3ccccc3[N+](=O)[O-])c(O)cc2N(C)C)n1. The number of phenols is 1. The number of aromatic nitrogens is 2. The van der Waals surface area contributed by atoms with Crippen molar-refractivity contribution < 1.29 is 10.0 Å². The molecule has 0 spiro atoms. The molecule has 0 aliphatic heterocycles.